The molecule has 0 N–H and O–H groups in total. The molecule has 1 aromatic carbocycles. The van der Waals surface area contributed by atoms with Gasteiger partial charge in [0.25, 0.3) is 0 Å². The molecule has 0 aliphatic heterocycles. The molecule has 0 heterocycles. The molecule has 1 aromatic rings. The summed E-state index contributed by atoms with van der Waals surface area (Å²) in [5.74, 6) is -2.44. The molecule has 6 nitrogen and oxygen atoms in total. The standard InChI is InChI=1S/C22H36O6Si2/c1-7-23-19(29)21(25-9-3,26-10-4)17-15-13-14-16-18(17)22(27-11-5,28-12-6)20(30)24-8-2/h13-16,19-20H,7-12H2,1-6H3. The molecule has 0 aromatic heterocycles. The Kier molecular flexibility index (Phi) is 12.6. The van der Waals surface area contributed by atoms with Gasteiger partial charge in [0, 0.05) is 50.8 Å². The van der Waals surface area contributed by atoms with E-state index in [0.29, 0.717) is 39.6 Å². The summed E-state index contributed by atoms with van der Waals surface area (Å²) >= 11 is 0. The second-order valence-corrected chi connectivity index (χ2v) is 7.33. The number of ether oxygens (including phenoxy) is 6. The molecule has 6 radical (unpaired) electrons. The van der Waals surface area contributed by atoms with E-state index in [0.717, 1.165) is 11.1 Å². The van der Waals surface area contributed by atoms with Gasteiger partial charge in [-0.25, -0.2) is 0 Å². The topological polar surface area (TPSA) is 55.4 Å². The van der Waals surface area contributed by atoms with Gasteiger partial charge < -0.3 is 28.4 Å². The minimum Gasteiger partial charge on any atom is -0.377 e. The van der Waals surface area contributed by atoms with Crippen LogP contribution in [-0.2, 0) is 40.0 Å². The van der Waals surface area contributed by atoms with E-state index in [1.54, 1.807) is 0 Å². The second kappa shape index (κ2) is 13.7. The third kappa shape index (κ3) is 6.01. The van der Waals surface area contributed by atoms with Crippen molar-refractivity contribution in [3.8, 4) is 0 Å². The Labute approximate surface area is 188 Å². The fraction of sp³-hybridized carbons (Fsp3) is 0.727. The van der Waals surface area contributed by atoms with Crippen LogP contribution in [0.5, 0.6) is 0 Å². The van der Waals surface area contributed by atoms with Crippen LogP contribution in [0.4, 0.5) is 0 Å². The summed E-state index contributed by atoms with van der Waals surface area (Å²) in [4.78, 5) is 0. The number of hydrogen-bond acceptors (Lipinski definition) is 6. The molecular weight excluding hydrogens is 416 g/mol. The van der Waals surface area contributed by atoms with Crippen molar-refractivity contribution >= 4 is 20.5 Å². The summed E-state index contributed by atoms with van der Waals surface area (Å²) in [7, 11) is 7.42. The van der Waals surface area contributed by atoms with Gasteiger partial charge in [-0.05, 0) is 41.5 Å². The fourth-order valence-corrected chi connectivity index (χ4v) is 4.46. The zero-order valence-electron chi connectivity index (χ0n) is 19.2. The molecule has 0 fully saturated rings. The van der Waals surface area contributed by atoms with Crippen molar-refractivity contribution in [3.63, 3.8) is 0 Å². The maximum absolute atomic E-state index is 6.24. The molecule has 2 atom stereocenters. The van der Waals surface area contributed by atoms with Crippen molar-refractivity contribution in [2.24, 2.45) is 0 Å². The van der Waals surface area contributed by atoms with E-state index in [4.69, 9.17) is 28.4 Å². The Hall–Kier alpha value is -0.586. The van der Waals surface area contributed by atoms with Crippen molar-refractivity contribution in [1.29, 1.82) is 0 Å². The van der Waals surface area contributed by atoms with E-state index >= 15 is 0 Å². The van der Waals surface area contributed by atoms with Crippen LogP contribution in [0.15, 0.2) is 24.3 Å². The van der Waals surface area contributed by atoms with Crippen molar-refractivity contribution in [1.82, 2.24) is 0 Å². The summed E-state index contributed by atoms with van der Waals surface area (Å²) in [5, 5.41) is 0. The minimum absolute atomic E-state index is 0.418. The largest absolute Gasteiger partial charge is 0.377 e. The van der Waals surface area contributed by atoms with Gasteiger partial charge >= 0.3 is 0 Å². The van der Waals surface area contributed by atoms with Gasteiger partial charge in [-0.2, -0.15) is 0 Å². The summed E-state index contributed by atoms with van der Waals surface area (Å²) < 4.78 is 36.8. The lowest BCUT2D eigenvalue weighted by molar-refractivity contribution is -0.295. The predicted molar refractivity (Wildman–Crippen MR) is 119 cm³/mol. The van der Waals surface area contributed by atoms with Gasteiger partial charge in [-0.1, -0.05) is 24.3 Å². The van der Waals surface area contributed by atoms with Crippen LogP contribution < -0.4 is 0 Å². The van der Waals surface area contributed by atoms with E-state index in [-0.39, 0.29) is 0 Å². The van der Waals surface area contributed by atoms with E-state index < -0.39 is 23.0 Å². The first kappa shape index (κ1) is 27.4. The van der Waals surface area contributed by atoms with Crippen molar-refractivity contribution < 1.29 is 28.4 Å². The van der Waals surface area contributed by atoms with Gasteiger partial charge in [0.2, 0.25) is 11.6 Å². The molecule has 2 unspecified atom stereocenters. The van der Waals surface area contributed by atoms with Gasteiger partial charge in [-0.15, -0.1) is 0 Å². The van der Waals surface area contributed by atoms with Crippen LogP contribution in [0.25, 0.3) is 0 Å². The number of benzene rings is 1. The maximum Gasteiger partial charge on any atom is 0.218 e. The Balaban J connectivity index is 3.82. The molecule has 0 saturated carbocycles. The zero-order valence-corrected chi connectivity index (χ0v) is 21.2. The first-order valence-electron chi connectivity index (χ1n) is 10.7. The molecule has 0 aliphatic carbocycles. The molecule has 0 aliphatic rings. The van der Waals surface area contributed by atoms with E-state index in [2.05, 4.69) is 20.5 Å². The Bertz CT molecular complexity index is 538. The highest BCUT2D eigenvalue weighted by atomic mass is 28.1. The van der Waals surface area contributed by atoms with Crippen LogP contribution in [0.2, 0.25) is 0 Å². The number of rotatable bonds is 16. The van der Waals surface area contributed by atoms with Crippen LogP contribution in [0.3, 0.4) is 0 Å². The fourth-order valence-electron chi connectivity index (χ4n) is 3.48. The first-order chi connectivity index (χ1) is 14.4. The van der Waals surface area contributed by atoms with Crippen molar-refractivity contribution in [3.05, 3.63) is 35.4 Å². The van der Waals surface area contributed by atoms with Gasteiger partial charge in [-0.3, -0.25) is 0 Å². The molecule has 0 spiro atoms. The second-order valence-electron chi connectivity index (χ2n) is 6.28. The minimum atomic E-state index is -1.22. The molecule has 8 heteroatoms. The van der Waals surface area contributed by atoms with E-state index in [1.807, 2.05) is 65.8 Å². The summed E-state index contributed by atoms with van der Waals surface area (Å²) in [6, 6.07) is 7.76. The Morgan fingerprint density at radius 3 is 1.13 bits per heavy atom. The van der Waals surface area contributed by atoms with Gasteiger partial charge in [0.15, 0.2) is 0 Å². The summed E-state index contributed by atoms with van der Waals surface area (Å²) in [6.45, 7) is 14.2. The molecule has 30 heavy (non-hydrogen) atoms. The van der Waals surface area contributed by atoms with Crippen LogP contribution in [0.1, 0.15) is 52.7 Å². The number of hydrogen-bond donors (Lipinski definition) is 0. The van der Waals surface area contributed by atoms with Crippen LogP contribution in [-0.4, -0.2) is 71.6 Å². The predicted octanol–water partition coefficient (Wildman–Crippen LogP) is 3.20. The lowest BCUT2D eigenvalue weighted by Gasteiger charge is -2.44. The molecular formula is C22H36O6Si2. The lowest BCUT2D eigenvalue weighted by atomic mass is 9.92. The molecule has 0 bridgehead atoms. The monoisotopic (exact) mass is 452 g/mol. The van der Waals surface area contributed by atoms with E-state index in [9.17, 15) is 0 Å². The third-order valence-corrected chi connectivity index (χ3v) is 5.56. The van der Waals surface area contributed by atoms with Crippen molar-refractivity contribution in [2.45, 2.75) is 64.6 Å². The van der Waals surface area contributed by atoms with E-state index in [1.165, 1.54) is 0 Å². The Morgan fingerprint density at radius 2 is 0.900 bits per heavy atom. The first-order valence-corrected chi connectivity index (χ1v) is 11.9. The molecule has 0 amide bonds. The SMILES string of the molecule is CCOC([Si])C(OCC)(OCC)c1ccccc1C(OCC)(OCC)C([Si])OCC. The molecule has 0 saturated heterocycles. The quantitative estimate of drug-likeness (QED) is 0.284. The summed E-state index contributed by atoms with van der Waals surface area (Å²) in [5.41, 5.74) is 0.355. The smallest absolute Gasteiger partial charge is 0.218 e. The molecule has 1 rings (SSSR count). The average Bonchev–Trinajstić information content (AvgIpc) is 2.73. The average molecular weight is 453 g/mol. The van der Waals surface area contributed by atoms with Gasteiger partial charge in [0.05, 0.1) is 31.9 Å². The highest BCUT2D eigenvalue weighted by Gasteiger charge is 2.49. The normalized spacial score (nSPS) is 14.7. The highest BCUT2D eigenvalue weighted by molar-refractivity contribution is 6.12. The van der Waals surface area contributed by atoms with Gasteiger partial charge in [0.1, 0.15) is 0 Å². The zero-order chi connectivity index (χ0) is 22.6. The Morgan fingerprint density at radius 1 is 0.600 bits per heavy atom. The van der Waals surface area contributed by atoms with Crippen molar-refractivity contribution in [2.75, 3.05) is 39.6 Å². The van der Waals surface area contributed by atoms with Crippen LogP contribution in [0, 0.1) is 0 Å². The highest BCUT2D eigenvalue weighted by Crippen LogP contribution is 2.42. The molecule has 168 valence electrons. The lowest BCUT2D eigenvalue weighted by Crippen LogP contribution is -2.52. The van der Waals surface area contributed by atoms with Crippen LogP contribution >= 0.6 is 0 Å². The maximum atomic E-state index is 6.24. The third-order valence-electron chi connectivity index (χ3n) is 4.47. The summed E-state index contributed by atoms with van der Waals surface area (Å²) in [6.07, 6.45) is 0.